The fraction of sp³-hybridized carbons (Fsp3) is 0. The summed E-state index contributed by atoms with van der Waals surface area (Å²) >= 11 is 1.49. The monoisotopic (exact) mass is 349 g/mol. The van der Waals surface area contributed by atoms with Gasteiger partial charge in [0.1, 0.15) is 0 Å². The van der Waals surface area contributed by atoms with Gasteiger partial charge in [0, 0.05) is 34.1 Å². The zero-order chi connectivity index (χ0) is 17.2. The van der Waals surface area contributed by atoms with Gasteiger partial charge in [0.25, 0.3) is 0 Å². The van der Waals surface area contributed by atoms with Crippen LogP contribution in [0.4, 0.5) is 16.5 Å². The summed E-state index contributed by atoms with van der Waals surface area (Å²) in [5.74, 6) is 0. The van der Waals surface area contributed by atoms with Crippen LogP contribution in [0.2, 0.25) is 0 Å². The van der Waals surface area contributed by atoms with E-state index in [1.54, 1.807) is 18.2 Å². The van der Waals surface area contributed by atoms with Crippen LogP contribution in [0.25, 0.3) is 22.0 Å². The van der Waals surface area contributed by atoms with Gasteiger partial charge in [-0.2, -0.15) is 5.23 Å². The van der Waals surface area contributed by atoms with Gasteiger partial charge >= 0.3 is 0 Å². The molecule has 6 heteroatoms. The number of nitrogens with one attached hydrogen (secondary N) is 2. The SMILES string of the molecule is [O-][NH+](O)c1cccc(-c2csc(Nc3cccc4ccccc34)n2)c1. The normalized spacial score (nSPS) is 12.2. The molecule has 0 aliphatic heterocycles. The average molecular weight is 349 g/mol. The number of fused-ring (bicyclic) bond motifs is 1. The van der Waals surface area contributed by atoms with Gasteiger partial charge in [0.15, 0.2) is 10.8 Å². The maximum Gasteiger partial charge on any atom is 0.187 e. The van der Waals surface area contributed by atoms with Crippen LogP contribution in [0, 0.1) is 5.21 Å². The zero-order valence-corrected chi connectivity index (χ0v) is 14.0. The van der Waals surface area contributed by atoms with Crippen molar-refractivity contribution in [2.75, 3.05) is 5.32 Å². The number of thiazole rings is 1. The number of quaternary nitrogens is 1. The van der Waals surface area contributed by atoms with Crippen molar-refractivity contribution in [2.24, 2.45) is 0 Å². The lowest BCUT2D eigenvalue weighted by Gasteiger charge is -2.11. The van der Waals surface area contributed by atoms with Crippen molar-refractivity contribution in [1.82, 2.24) is 4.98 Å². The molecule has 0 fully saturated rings. The van der Waals surface area contributed by atoms with E-state index in [4.69, 9.17) is 5.21 Å². The molecule has 0 bridgehead atoms. The second kappa shape index (κ2) is 6.62. The Morgan fingerprint density at radius 2 is 1.80 bits per heavy atom. The Balaban J connectivity index is 1.64. The molecule has 4 rings (SSSR count). The lowest BCUT2D eigenvalue weighted by Crippen LogP contribution is -2.99. The minimum atomic E-state index is -0.939. The van der Waals surface area contributed by atoms with E-state index in [-0.39, 0.29) is 5.69 Å². The summed E-state index contributed by atoms with van der Waals surface area (Å²) in [6.45, 7) is 0. The van der Waals surface area contributed by atoms with Gasteiger partial charge < -0.3 is 10.5 Å². The largest absolute Gasteiger partial charge is 0.595 e. The van der Waals surface area contributed by atoms with Crippen LogP contribution in [0.15, 0.2) is 72.1 Å². The number of aromatic nitrogens is 1. The quantitative estimate of drug-likeness (QED) is 0.485. The van der Waals surface area contributed by atoms with Crippen molar-refractivity contribution in [2.45, 2.75) is 0 Å². The second-order valence-electron chi connectivity index (χ2n) is 5.58. The van der Waals surface area contributed by atoms with Gasteiger partial charge in [-0.1, -0.05) is 48.5 Å². The Bertz CT molecular complexity index is 1020. The fourth-order valence-electron chi connectivity index (χ4n) is 2.72. The zero-order valence-electron chi connectivity index (χ0n) is 13.1. The van der Waals surface area contributed by atoms with E-state index in [1.807, 2.05) is 35.7 Å². The van der Waals surface area contributed by atoms with Crippen LogP contribution in [0.3, 0.4) is 0 Å². The van der Waals surface area contributed by atoms with Gasteiger partial charge in [0.2, 0.25) is 0 Å². The number of hydrogen-bond donors (Lipinski definition) is 3. The molecular formula is C19H15N3O2S. The van der Waals surface area contributed by atoms with Crippen molar-refractivity contribution >= 4 is 38.6 Å². The second-order valence-corrected chi connectivity index (χ2v) is 6.43. The molecule has 1 atom stereocenters. The van der Waals surface area contributed by atoms with Crippen LogP contribution in [-0.2, 0) is 0 Å². The summed E-state index contributed by atoms with van der Waals surface area (Å²) in [6, 6.07) is 21.1. The maximum atomic E-state index is 11.1. The first kappa shape index (κ1) is 15.7. The molecule has 0 spiro atoms. The first-order valence-electron chi connectivity index (χ1n) is 7.75. The summed E-state index contributed by atoms with van der Waals surface area (Å²) in [7, 11) is 0. The molecule has 1 aromatic heterocycles. The van der Waals surface area contributed by atoms with Crippen LogP contribution in [-0.4, -0.2) is 10.2 Å². The summed E-state index contributed by atoms with van der Waals surface area (Å²) in [5.41, 5.74) is 2.81. The molecule has 1 heterocycles. The van der Waals surface area contributed by atoms with Crippen molar-refractivity contribution in [1.29, 1.82) is 0 Å². The van der Waals surface area contributed by atoms with Gasteiger partial charge in [-0.25, -0.2) is 10.2 Å². The number of rotatable bonds is 4. The van der Waals surface area contributed by atoms with Crippen molar-refractivity contribution in [3.05, 3.63) is 77.3 Å². The topological polar surface area (TPSA) is 72.7 Å². The third-order valence-electron chi connectivity index (χ3n) is 3.94. The fourth-order valence-corrected chi connectivity index (χ4v) is 3.46. The highest BCUT2D eigenvalue weighted by Gasteiger charge is 2.09. The van der Waals surface area contributed by atoms with Crippen molar-refractivity contribution < 1.29 is 10.4 Å². The molecule has 0 amide bonds. The Hall–Kier alpha value is -2.77. The van der Waals surface area contributed by atoms with E-state index in [2.05, 4.69) is 28.5 Å². The predicted molar refractivity (Wildman–Crippen MR) is 101 cm³/mol. The molecule has 3 aromatic carbocycles. The van der Waals surface area contributed by atoms with Gasteiger partial charge in [-0.05, 0) is 11.5 Å². The van der Waals surface area contributed by atoms with Crippen LogP contribution < -0.4 is 10.5 Å². The molecule has 0 radical (unpaired) electrons. The van der Waals surface area contributed by atoms with E-state index in [9.17, 15) is 5.21 Å². The Morgan fingerprint density at radius 3 is 2.68 bits per heavy atom. The molecule has 1 unspecified atom stereocenters. The standard InChI is InChI=1S/C19H15N3O2S/c23-22(24)15-8-3-7-14(11-15)18-12-25-19(21-18)20-17-10-4-6-13-5-1-2-9-16(13)17/h1-12,22-23H,(H,20,21). The molecule has 3 N–H and O–H groups in total. The number of anilines is 2. The molecule has 0 aliphatic rings. The Kier molecular flexibility index (Phi) is 4.17. The van der Waals surface area contributed by atoms with Crippen LogP contribution in [0.1, 0.15) is 0 Å². The molecule has 0 saturated carbocycles. The van der Waals surface area contributed by atoms with E-state index in [1.165, 1.54) is 16.7 Å². The molecule has 0 saturated heterocycles. The highest BCUT2D eigenvalue weighted by atomic mass is 32.1. The highest BCUT2D eigenvalue weighted by Crippen LogP contribution is 2.30. The minimum absolute atomic E-state index is 0.258. The molecule has 4 aromatic rings. The summed E-state index contributed by atoms with van der Waals surface area (Å²) < 4.78 is 0. The third kappa shape index (κ3) is 3.24. The van der Waals surface area contributed by atoms with E-state index in [0.717, 1.165) is 27.5 Å². The predicted octanol–water partition coefficient (Wildman–Crippen LogP) is 4.11. The first-order chi connectivity index (χ1) is 12.2. The third-order valence-corrected chi connectivity index (χ3v) is 4.70. The van der Waals surface area contributed by atoms with Gasteiger partial charge in [0.05, 0.1) is 5.69 Å². The van der Waals surface area contributed by atoms with Crippen LogP contribution in [0.5, 0.6) is 0 Å². The van der Waals surface area contributed by atoms with E-state index >= 15 is 0 Å². The molecule has 124 valence electrons. The van der Waals surface area contributed by atoms with Crippen molar-refractivity contribution in [3.8, 4) is 11.3 Å². The smallest absolute Gasteiger partial charge is 0.187 e. The lowest BCUT2D eigenvalue weighted by atomic mass is 10.1. The molecule has 25 heavy (non-hydrogen) atoms. The molecular weight excluding hydrogens is 334 g/mol. The van der Waals surface area contributed by atoms with E-state index in [0.29, 0.717) is 0 Å². The first-order valence-corrected chi connectivity index (χ1v) is 8.63. The number of nitrogens with zero attached hydrogens (tertiary/aromatic N) is 1. The summed E-state index contributed by atoms with van der Waals surface area (Å²) in [6.07, 6.45) is 0. The summed E-state index contributed by atoms with van der Waals surface area (Å²) in [4.78, 5) is 4.60. The van der Waals surface area contributed by atoms with Crippen molar-refractivity contribution in [3.63, 3.8) is 0 Å². The number of hydrogen-bond acceptors (Lipinski definition) is 5. The molecule has 0 aliphatic carbocycles. The molecule has 5 nitrogen and oxygen atoms in total. The summed E-state index contributed by atoms with van der Waals surface area (Å²) in [5, 5.41) is 27.7. The van der Waals surface area contributed by atoms with Gasteiger partial charge in [-0.3, -0.25) is 0 Å². The van der Waals surface area contributed by atoms with Crippen LogP contribution >= 0.6 is 11.3 Å². The van der Waals surface area contributed by atoms with Gasteiger partial charge in [-0.15, -0.1) is 11.3 Å². The Morgan fingerprint density at radius 1 is 1.00 bits per heavy atom. The highest BCUT2D eigenvalue weighted by molar-refractivity contribution is 7.14. The lowest BCUT2D eigenvalue weighted by molar-refractivity contribution is -0.991. The Labute approximate surface area is 148 Å². The number of benzene rings is 3. The van der Waals surface area contributed by atoms with E-state index < -0.39 is 5.23 Å². The maximum absolute atomic E-state index is 11.1. The average Bonchev–Trinajstić information content (AvgIpc) is 3.11. The minimum Gasteiger partial charge on any atom is -0.595 e.